The van der Waals surface area contributed by atoms with E-state index in [1.807, 2.05) is 4.90 Å². The maximum absolute atomic E-state index is 12.4. The minimum atomic E-state index is -1.31. The van der Waals surface area contributed by atoms with Crippen LogP contribution in [0.1, 0.15) is 12.8 Å². The molecule has 2 aliphatic rings. The molecular weight excluding hydrogens is 358 g/mol. The van der Waals surface area contributed by atoms with Gasteiger partial charge in [0.25, 0.3) is 0 Å². The Morgan fingerprint density at radius 3 is 2.56 bits per heavy atom. The van der Waals surface area contributed by atoms with Crippen molar-refractivity contribution in [1.82, 2.24) is 15.1 Å². The summed E-state index contributed by atoms with van der Waals surface area (Å²) in [7, 11) is -1.31. The molecule has 138 valence electrons. The van der Waals surface area contributed by atoms with Crippen LogP contribution in [0.4, 0.5) is 0 Å². The molecule has 1 aromatic carbocycles. The number of hydrogen-bond donors (Lipinski definition) is 1. The Labute approximate surface area is 157 Å². The van der Waals surface area contributed by atoms with Crippen molar-refractivity contribution in [2.45, 2.75) is 17.7 Å². The normalized spacial score (nSPS) is 23.4. The second-order valence-corrected chi connectivity index (χ2v) is 8.73. The van der Waals surface area contributed by atoms with Crippen molar-refractivity contribution in [3.05, 3.63) is 29.3 Å². The summed E-state index contributed by atoms with van der Waals surface area (Å²) in [5.74, 6) is 0.759. The van der Waals surface area contributed by atoms with Gasteiger partial charge in [0, 0.05) is 42.6 Å². The maximum atomic E-state index is 12.4. The molecule has 2 unspecified atom stereocenters. The summed E-state index contributed by atoms with van der Waals surface area (Å²) < 4.78 is 12.3. The van der Waals surface area contributed by atoms with Crippen LogP contribution in [-0.4, -0.2) is 71.5 Å². The van der Waals surface area contributed by atoms with Gasteiger partial charge < -0.3 is 10.2 Å². The summed E-state index contributed by atoms with van der Waals surface area (Å²) in [5, 5.41) is 4.07. The Kier molecular flexibility index (Phi) is 6.87. The molecule has 2 atom stereocenters. The minimum Gasteiger partial charge on any atom is -0.339 e. The highest BCUT2D eigenvalue weighted by Gasteiger charge is 2.24. The Hall–Kier alpha value is -0.950. The van der Waals surface area contributed by atoms with Gasteiger partial charge >= 0.3 is 0 Å². The largest absolute Gasteiger partial charge is 0.339 e. The molecule has 2 fully saturated rings. The molecule has 3 rings (SSSR count). The quantitative estimate of drug-likeness (QED) is 0.839. The summed E-state index contributed by atoms with van der Waals surface area (Å²) >= 11 is 5.84. The monoisotopic (exact) mass is 383 g/mol. The van der Waals surface area contributed by atoms with Crippen molar-refractivity contribution >= 4 is 28.3 Å². The standard InChI is InChI=1S/C18H26ClN3O2S/c19-16-3-5-17(6-4-16)25(24)14-18(23)22-10-8-21(9-11-22)13-15-2-1-7-20-12-15/h3-6,15,20H,1-2,7-14H2. The van der Waals surface area contributed by atoms with E-state index in [-0.39, 0.29) is 11.7 Å². The zero-order valence-corrected chi connectivity index (χ0v) is 16.0. The fourth-order valence-corrected chi connectivity index (χ4v) is 4.64. The highest BCUT2D eigenvalue weighted by molar-refractivity contribution is 7.85. The number of piperidine rings is 1. The number of halogens is 1. The van der Waals surface area contributed by atoms with Crippen LogP contribution in [0, 0.1) is 5.92 Å². The van der Waals surface area contributed by atoms with Crippen molar-refractivity contribution in [1.29, 1.82) is 0 Å². The minimum absolute atomic E-state index is 0.0210. The number of amides is 1. The zero-order chi connectivity index (χ0) is 17.6. The third-order valence-corrected chi connectivity index (χ3v) is 6.53. The summed E-state index contributed by atoms with van der Waals surface area (Å²) in [4.78, 5) is 17.4. The van der Waals surface area contributed by atoms with E-state index in [0.29, 0.717) is 9.92 Å². The van der Waals surface area contributed by atoms with Crippen molar-refractivity contribution in [2.24, 2.45) is 5.92 Å². The molecule has 5 nitrogen and oxygen atoms in total. The van der Waals surface area contributed by atoms with E-state index >= 15 is 0 Å². The summed E-state index contributed by atoms with van der Waals surface area (Å²) in [6, 6.07) is 6.86. The Bertz CT molecular complexity index is 597. The molecule has 0 aliphatic carbocycles. The zero-order valence-electron chi connectivity index (χ0n) is 14.5. The predicted octanol–water partition coefficient (Wildman–Crippen LogP) is 1.59. The number of piperazine rings is 1. The molecule has 25 heavy (non-hydrogen) atoms. The topological polar surface area (TPSA) is 52.7 Å². The second kappa shape index (κ2) is 9.12. The van der Waals surface area contributed by atoms with Gasteiger partial charge in [0.15, 0.2) is 0 Å². The van der Waals surface area contributed by atoms with E-state index in [9.17, 15) is 9.00 Å². The molecule has 0 radical (unpaired) electrons. The fourth-order valence-electron chi connectivity index (χ4n) is 3.50. The third kappa shape index (κ3) is 5.51. The number of benzene rings is 1. The lowest BCUT2D eigenvalue weighted by Crippen LogP contribution is -2.51. The van der Waals surface area contributed by atoms with Crippen LogP contribution in [0.2, 0.25) is 5.02 Å². The first-order valence-corrected chi connectivity index (χ1v) is 10.7. The number of carbonyl (C=O) groups excluding carboxylic acids is 1. The second-order valence-electron chi connectivity index (χ2n) is 6.84. The van der Waals surface area contributed by atoms with Gasteiger partial charge in [0.1, 0.15) is 5.75 Å². The van der Waals surface area contributed by atoms with Crippen LogP contribution in [-0.2, 0) is 15.6 Å². The maximum Gasteiger partial charge on any atom is 0.235 e. The van der Waals surface area contributed by atoms with E-state index in [1.54, 1.807) is 24.3 Å². The number of nitrogens with one attached hydrogen (secondary N) is 1. The van der Waals surface area contributed by atoms with Gasteiger partial charge in [-0.15, -0.1) is 0 Å². The number of rotatable bonds is 5. The van der Waals surface area contributed by atoms with E-state index in [2.05, 4.69) is 10.2 Å². The van der Waals surface area contributed by atoms with E-state index in [0.717, 1.165) is 51.7 Å². The van der Waals surface area contributed by atoms with Gasteiger partial charge in [-0.2, -0.15) is 0 Å². The van der Waals surface area contributed by atoms with Crippen molar-refractivity contribution in [2.75, 3.05) is 51.6 Å². The smallest absolute Gasteiger partial charge is 0.235 e. The van der Waals surface area contributed by atoms with Crippen molar-refractivity contribution < 1.29 is 9.00 Å². The van der Waals surface area contributed by atoms with Gasteiger partial charge in [-0.25, -0.2) is 0 Å². The van der Waals surface area contributed by atoms with Crippen LogP contribution in [0.5, 0.6) is 0 Å². The first kappa shape index (κ1) is 18.8. The lowest BCUT2D eigenvalue weighted by molar-refractivity contribution is -0.130. The Morgan fingerprint density at radius 1 is 1.20 bits per heavy atom. The molecule has 1 amide bonds. The molecule has 2 heterocycles. The number of nitrogens with zero attached hydrogens (tertiary/aromatic N) is 2. The molecule has 0 saturated carbocycles. The molecule has 7 heteroatoms. The number of carbonyl (C=O) groups is 1. The molecule has 2 aliphatic heterocycles. The Balaban J connectivity index is 1.43. The molecule has 0 spiro atoms. The lowest BCUT2D eigenvalue weighted by Gasteiger charge is -2.37. The third-order valence-electron chi connectivity index (χ3n) is 4.97. The molecule has 0 aromatic heterocycles. The first-order valence-electron chi connectivity index (χ1n) is 8.96. The molecule has 0 bridgehead atoms. The van der Waals surface area contributed by atoms with Gasteiger partial charge in [-0.05, 0) is 56.1 Å². The van der Waals surface area contributed by atoms with Crippen LogP contribution >= 0.6 is 11.6 Å². The Morgan fingerprint density at radius 2 is 1.92 bits per heavy atom. The first-order chi connectivity index (χ1) is 12.1. The van der Waals surface area contributed by atoms with Gasteiger partial charge in [0.2, 0.25) is 5.91 Å². The van der Waals surface area contributed by atoms with Gasteiger partial charge in [0.05, 0.1) is 10.8 Å². The van der Waals surface area contributed by atoms with E-state index in [4.69, 9.17) is 11.6 Å². The molecular formula is C18H26ClN3O2S. The predicted molar refractivity (Wildman–Crippen MR) is 101 cm³/mol. The van der Waals surface area contributed by atoms with Crippen LogP contribution in [0.3, 0.4) is 0 Å². The number of hydrogen-bond acceptors (Lipinski definition) is 4. The van der Waals surface area contributed by atoms with Crippen LogP contribution in [0.25, 0.3) is 0 Å². The summed E-state index contributed by atoms with van der Waals surface area (Å²) in [6.45, 7) is 6.66. The lowest BCUT2D eigenvalue weighted by atomic mass is 9.99. The van der Waals surface area contributed by atoms with Gasteiger partial charge in [-0.1, -0.05) is 11.6 Å². The van der Waals surface area contributed by atoms with Crippen molar-refractivity contribution in [3.8, 4) is 0 Å². The average Bonchev–Trinajstić information content (AvgIpc) is 2.63. The van der Waals surface area contributed by atoms with Crippen LogP contribution in [0.15, 0.2) is 29.2 Å². The van der Waals surface area contributed by atoms with Crippen LogP contribution < -0.4 is 5.32 Å². The van der Waals surface area contributed by atoms with Gasteiger partial charge in [-0.3, -0.25) is 13.9 Å². The van der Waals surface area contributed by atoms with E-state index < -0.39 is 10.8 Å². The average molecular weight is 384 g/mol. The highest BCUT2D eigenvalue weighted by Crippen LogP contribution is 2.15. The van der Waals surface area contributed by atoms with Crippen molar-refractivity contribution in [3.63, 3.8) is 0 Å². The summed E-state index contributed by atoms with van der Waals surface area (Å²) in [5.41, 5.74) is 0. The molecule has 1 N–H and O–H groups in total. The fraction of sp³-hybridized carbons (Fsp3) is 0.611. The summed E-state index contributed by atoms with van der Waals surface area (Å²) in [6.07, 6.45) is 2.56. The molecule has 2 saturated heterocycles. The van der Waals surface area contributed by atoms with E-state index in [1.165, 1.54) is 12.8 Å². The molecule has 1 aromatic rings. The SMILES string of the molecule is O=C(CS(=O)c1ccc(Cl)cc1)N1CCN(CC2CCCNC2)CC1. The highest BCUT2D eigenvalue weighted by atomic mass is 35.5.